The highest BCUT2D eigenvalue weighted by molar-refractivity contribution is 5.75. The maximum Gasteiger partial charge on any atom is 0.490 e. The minimum absolute atomic E-state index is 0.0105. The summed E-state index contributed by atoms with van der Waals surface area (Å²) < 4.78 is 40.9. The minimum Gasteiger partial charge on any atom is -0.440 e. The van der Waals surface area contributed by atoms with Crippen molar-refractivity contribution < 1.29 is 22.7 Å². The lowest BCUT2D eigenvalue weighted by Gasteiger charge is -2.25. The van der Waals surface area contributed by atoms with Crippen LogP contribution in [0.3, 0.4) is 0 Å². The van der Waals surface area contributed by atoms with E-state index in [2.05, 4.69) is 15.0 Å². The van der Waals surface area contributed by atoms with Crippen LogP contribution in [-0.4, -0.2) is 50.0 Å². The zero-order chi connectivity index (χ0) is 13.5. The number of ether oxygens (including phenoxy) is 1. The number of alkyl halides is 3. The zero-order valence-electron chi connectivity index (χ0n) is 10.3. The molecular weight excluding hydrogens is 249 g/mol. The van der Waals surface area contributed by atoms with Crippen LogP contribution in [0.4, 0.5) is 13.2 Å². The number of fused-ring (bicyclic) bond motifs is 1. The summed E-state index contributed by atoms with van der Waals surface area (Å²) >= 11 is 0. The third-order valence-corrected chi connectivity index (χ3v) is 3.91. The van der Waals surface area contributed by atoms with E-state index >= 15 is 0 Å². The molecule has 0 aromatic rings. The number of nitrogens with zero attached hydrogens (tertiary/aromatic N) is 1. The summed E-state index contributed by atoms with van der Waals surface area (Å²) in [4.78, 5) is 12.9. The Hall–Kier alpha value is -0.820. The first-order chi connectivity index (χ1) is 8.30. The fraction of sp³-hybridized carbons (Fsp3) is 0.909. The number of halogens is 3. The van der Waals surface area contributed by atoms with Gasteiger partial charge in [-0.25, -0.2) is 4.79 Å². The van der Waals surface area contributed by atoms with Crippen LogP contribution in [0.15, 0.2) is 0 Å². The van der Waals surface area contributed by atoms with Gasteiger partial charge in [-0.1, -0.05) is 0 Å². The summed E-state index contributed by atoms with van der Waals surface area (Å²) in [5.74, 6) is -1.86. The van der Waals surface area contributed by atoms with Gasteiger partial charge in [-0.2, -0.15) is 13.2 Å². The first-order valence-electron chi connectivity index (χ1n) is 5.98. The fourth-order valence-corrected chi connectivity index (χ4v) is 3.10. The van der Waals surface area contributed by atoms with Crippen molar-refractivity contribution in [3.63, 3.8) is 0 Å². The number of esters is 1. The van der Waals surface area contributed by atoms with Crippen LogP contribution in [0.1, 0.15) is 12.8 Å². The van der Waals surface area contributed by atoms with Gasteiger partial charge in [-0.05, 0) is 32.9 Å². The molecule has 1 saturated heterocycles. The van der Waals surface area contributed by atoms with E-state index in [0.29, 0.717) is 12.6 Å². The molecule has 1 N–H and O–H groups in total. The number of hydrogen-bond donors (Lipinski definition) is 1. The van der Waals surface area contributed by atoms with Gasteiger partial charge in [0.05, 0.1) is 0 Å². The molecule has 0 bridgehead atoms. The minimum atomic E-state index is -4.92. The molecule has 1 unspecified atom stereocenters. The van der Waals surface area contributed by atoms with Crippen molar-refractivity contribution in [1.29, 1.82) is 0 Å². The van der Waals surface area contributed by atoms with Gasteiger partial charge in [-0.3, -0.25) is 5.32 Å². The van der Waals surface area contributed by atoms with E-state index in [0.717, 1.165) is 12.8 Å². The van der Waals surface area contributed by atoms with Crippen molar-refractivity contribution in [2.45, 2.75) is 31.3 Å². The average Bonchev–Trinajstić information content (AvgIpc) is 2.78. The Kier molecular flexibility index (Phi) is 3.55. The molecule has 0 radical (unpaired) electrons. The topological polar surface area (TPSA) is 41.6 Å². The molecule has 2 rings (SSSR count). The predicted molar refractivity (Wildman–Crippen MR) is 57.6 cm³/mol. The largest absolute Gasteiger partial charge is 0.490 e. The van der Waals surface area contributed by atoms with Gasteiger partial charge < -0.3 is 9.64 Å². The van der Waals surface area contributed by atoms with Gasteiger partial charge in [0.1, 0.15) is 0 Å². The third-order valence-electron chi connectivity index (χ3n) is 3.91. The molecule has 104 valence electrons. The first kappa shape index (κ1) is 13.6. The molecular formula is C11H17F3N2O2. The molecule has 0 aromatic carbocycles. The van der Waals surface area contributed by atoms with Crippen molar-refractivity contribution in [2.24, 2.45) is 11.8 Å². The average molecular weight is 266 g/mol. The molecule has 1 heterocycles. The van der Waals surface area contributed by atoms with Crippen LogP contribution in [-0.2, 0) is 9.53 Å². The van der Waals surface area contributed by atoms with Gasteiger partial charge in [0.25, 0.3) is 0 Å². The lowest BCUT2D eigenvalue weighted by Crippen LogP contribution is -2.37. The zero-order valence-corrected chi connectivity index (χ0v) is 10.3. The van der Waals surface area contributed by atoms with Crippen molar-refractivity contribution in [1.82, 2.24) is 10.2 Å². The maximum absolute atomic E-state index is 12.1. The Morgan fingerprint density at radius 3 is 2.50 bits per heavy atom. The summed E-state index contributed by atoms with van der Waals surface area (Å²) in [6.45, 7) is 0.601. The summed E-state index contributed by atoms with van der Waals surface area (Å²) in [7, 11) is 3.92. The second-order valence-corrected chi connectivity index (χ2v) is 5.17. The second-order valence-electron chi connectivity index (χ2n) is 5.17. The van der Waals surface area contributed by atoms with Crippen molar-refractivity contribution >= 4 is 5.97 Å². The Labute approximate surface area is 103 Å². The molecule has 1 aliphatic carbocycles. The van der Waals surface area contributed by atoms with Gasteiger partial charge in [-0.15, -0.1) is 0 Å². The van der Waals surface area contributed by atoms with E-state index in [9.17, 15) is 18.0 Å². The van der Waals surface area contributed by atoms with Gasteiger partial charge in [0, 0.05) is 18.5 Å². The lowest BCUT2D eigenvalue weighted by molar-refractivity contribution is -0.207. The quantitative estimate of drug-likeness (QED) is 0.756. The van der Waals surface area contributed by atoms with Crippen LogP contribution in [0.25, 0.3) is 0 Å². The molecule has 1 aliphatic heterocycles. The predicted octanol–water partition coefficient (Wildman–Crippen LogP) is 0.978. The van der Waals surface area contributed by atoms with E-state index in [4.69, 9.17) is 0 Å². The van der Waals surface area contributed by atoms with E-state index < -0.39 is 18.4 Å². The highest BCUT2D eigenvalue weighted by atomic mass is 19.4. The summed E-state index contributed by atoms with van der Waals surface area (Å²) in [6, 6.07) is 0.345. The summed E-state index contributed by atoms with van der Waals surface area (Å²) in [5, 5.41) is 2.88. The van der Waals surface area contributed by atoms with Crippen molar-refractivity contribution in [3.05, 3.63) is 0 Å². The van der Waals surface area contributed by atoms with E-state index in [1.807, 2.05) is 14.1 Å². The smallest absolute Gasteiger partial charge is 0.440 e. The monoisotopic (exact) mass is 266 g/mol. The molecule has 7 heteroatoms. The van der Waals surface area contributed by atoms with Gasteiger partial charge in [0.2, 0.25) is 0 Å². The van der Waals surface area contributed by atoms with E-state index in [-0.39, 0.29) is 11.8 Å². The molecule has 2 aliphatic rings. The maximum atomic E-state index is 12.1. The number of carbonyl (C=O) groups excluding carboxylic acids is 1. The lowest BCUT2D eigenvalue weighted by atomic mass is 9.96. The Bertz CT molecular complexity index is 333. The fourth-order valence-electron chi connectivity index (χ4n) is 3.10. The van der Waals surface area contributed by atoms with Crippen LogP contribution in [0.2, 0.25) is 0 Å². The summed E-state index contributed by atoms with van der Waals surface area (Å²) in [5.41, 5.74) is 0. The first-order valence-corrected chi connectivity index (χ1v) is 5.98. The Morgan fingerprint density at radius 2 is 1.94 bits per heavy atom. The number of carbonyl (C=O) groups is 1. The van der Waals surface area contributed by atoms with Crippen molar-refractivity contribution in [2.75, 3.05) is 20.6 Å². The molecule has 0 amide bonds. The number of nitrogens with one attached hydrogen (secondary N) is 1. The van der Waals surface area contributed by atoms with Crippen LogP contribution >= 0.6 is 0 Å². The van der Waals surface area contributed by atoms with Crippen LogP contribution in [0, 0.1) is 11.8 Å². The normalized spacial score (nSPS) is 35.9. The standard InChI is InChI=1S/C11H17F3N2O2/c1-16(2)8-4-3-6-7(8)5-15-9(6)18-10(17)11(12,13)14/h6-9,15H,3-5H2,1-2H3/t6-,7-,8+,9?/m0/s1. The molecule has 4 atom stereocenters. The van der Waals surface area contributed by atoms with Gasteiger partial charge in [0.15, 0.2) is 6.23 Å². The van der Waals surface area contributed by atoms with Crippen LogP contribution < -0.4 is 5.32 Å². The molecule has 0 aromatic heterocycles. The van der Waals surface area contributed by atoms with E-state index in [1.165, 1.54) is 0 Å². The number of hydrogen-bond acceptors (Lipinski definition) is 4. The highest BCUT2D eigenvalue weighted by Crippen LogP contribution is 2.40. The Balaban J connectivity index is 1.97. The van der Waals surface area contributed by atoms with E-state index in [1.54, 1.807) is 0 Å². The molecule has 0 spiro atoms. The van der Waals surface area contributed by atoms with Crippen LogP contribution in [0.5, 0.6) is 0 Å². The number of rotatable bonds is 2. The highest BCUT2D eigenvalue weighted by Gasteiger charge is 2.50. The molecule has 1 saturated carbocycles. The third kappa shape index (κ3) is 2.47. The molecule has 18 heavy (non-hydrogen) atoms. The molecule has 2 fully saturated rings. The van der Waals surface area contributed by atoms with Crippen molar-refractivity contribution in [3.8, 4) is 0 Å². The molecule has 4 nitrogen and oxygen atoms in total. The Morgan fingerprint density at radius 1 is 1.28 bits per heavy atom. The second kappa shape index (κ2) is 4.70. The summed E-state index contributed by atoms with van der Waals surface area (Å²) in [6.07, 6.45) is -3.99. The van der Waals surface area contributed by atoms with Gasteiger partial charge >= 0.3 is 12.1 Å². The SMILES string of the molecule is CN(C)[C@@H]1CC[C@@H]2C(OC(=O)C(F)(F)F)NC[C@@H]21.